The van der Waals surface area contributed by atoms with Crippen molar-refractivity contribution in [2.75, 3.05) is 0 Å². The molecule has 0 saturated carbocycles. The van der Waals surface area contributed by atoms with Gasteiger partial charge in [-0.2, -0.15) is 0 Å². The Bertz CT molecular complexity index is 1550. The predicted molar refractivity (Wildman–Crippen MR) is 156 cm³/mol. The Morgan fingerprint density at radius 3 is 1.42 bits per heavy atom. The average Bonchev–Trinajstić information content (AvgIpc) is 2.98. The van der Waals surface area contributed by atoms with Gasteiger partial charge in [-0.25, -0.2) is 0 Å². The molecule has 0 aliphatic heterocycles. The monoisotopic (exact) mass is 491 g/mol. The Balaban J connectivity index is 1.46. The van der Waals surface area contributed by atoms with Gasteiger partial charge in [0.2, 0.25) is 0 Å². The maximum absolute atomic E-state index is 4.23. The molecule has 0 saturated heterocycles. The van der Waals surface area contributed by atoms with E-state index in [-0.39, 0.29) is 0 Å². The maximum Gasteiger partial charge on any atom is 0.0273 e. The first kappa shape index (κ1) is 23.7. The zero-order valence-electron chi connectivity index (χ0n) is 21.5. The van der Waals surface area contributed by atoms with Gasteiger partial charge in [-0.3, -0.25) is 15.0 Å². The first-order valence-corrected chi connectivity index (χ1v) is 13.1. The van der Waals surface area contributed by atoms with Crippen LogP contribution in [0.4, 0.5) is 0 Å². The van der Waals surface area contributed by atoms with Gasteiger partial charge in [-0.15, -0.1) is 0 Å². The summed E-state index contributed by atoms with van der Waals surface area (Å²) in [6, 6.07) is 26.3. The lowest BCUT2D eigenvalue weighted by molar-refractivity contribution is 0.740. The Morgan fingerprint density at radius 2 is 0.974 bits per heavy atom. The maximum atomic E-state index is 4.23. The first-order chi connectivity index (χ1) is 18.7. The van der Waals surface area contributed by atoms with Gasteiger partial charge >= 0.3 is 0 Å². The largest absolute Gasteiger partial charge is 0.265 e. The number of pyridine rings is 3. The van der Waals surface area contributed by atoms with Crippen molar-refractivity contribution < 1.29 is 0 Å². The van der Waals surface area contributed by atoms with E-state index in [9.17, 15) is 0 Å². The lowest BCUT2D eigenvalue weighted by Crippen LogP contribution is -1.98. The van der Waals surface area contributed by atoms with Crippen molar-refractivity contribution in [3.63, 3.8) is 0 Å². The van der Waals surface area contributed by atoms with Gasteiger partial charge in [0.25, 0.3) is 0 Å². The number of hydrogen-bond acceptors (Lipinski definition) is 3. The van der Waals surface area contributed by atoms with Gasteiger partial charge in [0.05, 0.1) is 0 Å². The van der Waals surface area contributed by atoms with Crippen LogP contribution in [-0.4, -0.2) is 15.0 Å². The van der Waals surface area contributed by atoms with Crippen molar-refractivity contribution in [3.8, 4) is 33.4 Å². The molecule has 0 N–H and O–H groups in total. The van der Waals surface area contributed by atoms with Crippen LogP contribution in [0, 0.1) is 5.92 Å². The van der Waals surface area contributed by atoms with Gasteiger partial charge in [-0.1, -0.05) is 49.4 Å². The standard InChI is InChI=1S/C35H29N3/c1-25-3-2-4-31(17-25)35-22-27(21-34(24-35)30-9-15-38-16-10-30)18-26-19-32(28-5-11-36-12-6-28)23-33(20-26)29-7-13-37-14-8-29/h2,4-17,19-25H,3,18H2,1H3. The minimum absolute atomic E-state index is 0.544. The Kier molecular flexibility index (Phi) is 6.73. The number of benzene rings is 2. The molecule has 1 aliphatic rings. The lowest BCUT2D eigenvalue weighted by Gasteiger charge is -2.16. The van der Waals surface area contributed by atoms with E-state index in [1.165, 1.54) is 44.5 Å². The van der Waals surface area contributed by atoms with Gasteiger partial charge in [0, 0.05) is 37.2 Å². The average molecular weight is 492 g/mol. The molecular weight excluding hydrogens is 462 g/mol. The second-order valence-corrected chi connectivity index (χ2v) is 9.96. The Hall–Kier alpha value is -4.63. The molecule has 184 valence electrons. The molecule has 5 aromatic rings. The topological polar surface area (TPSA) is 38.7 Å². The van der Waals surface area contributed by atoms with Crippen LogP contribution in [0.2, 0.25) is 0 Å². The zero-order valence-corrected chi connectivity index (χ0v) is 21.5. The number of rotatable bonds is 6. The van der Waals surface area contributed by atoms with E-state index in [1.54, 1.807) is 0 Å². The van der Waals surface area contributed by atoms with Gasteiger partial charge in [-0.05, 0) is 123 Å². The molecule has 1 unspecified atom stereocenters. The van der Waals surface area contributed by atoms with Crippen molar-refractivity contribution in [2.45, 2.75) is 19.8 Å². The van der Waals surface area contributed by atoms with Crippen LogP contribution >= 0.6 is 0 Å². The SMILES string of the molecule is CC1C=C(c2cc(Cc3cc(-c4ccncc4)cc(-c4ccncc4)c3)cc(-c3ccncc3)c2)C=CC1. The third-order valence-electron chi connectivity index (χ3n) is 7.04. The molecular formula is C35H29N3. The van der Waals surface area contributed by atoms with E-state index in [1.807, 2.05) is 37.2 Å². The third-order valence-corrected chi connectivity index (χ3v) is 7.04. The van der Waals surface area contributed by atoms with Crippen LogP contribution in [0.1, 0.15) is 30.0 Å². The summed E-state index contributed by atoms with van der Waals surface area (Å²) in [5, 5.41) is 0. The molecule has 3 heteroatoms. The minimum Gasteiger partial charge on any atom is -0.265 e. The van der Waals surface area contributed by atoms with E-state index < -0.39 is 0 Å². The summed E-state index contributed by atoms with van der Waals surface area (Å²) in [6.45, 7) is 2.28. The second kappa shape index (κ2) is 10.8. The summed E-state index contributed by atoms with van der Waals surface area (Å²) >= 11 is 0. The zero-order chi connectivity index (χ0) is 25.7. The normalized spacial score (nSPS) is 14.8. The first-order valence-electron chi connectivity index (χ1n) is 13.1. The highest BCUT2D eigenvalue weighted by Gasteiger charge is 2.12. The van der Waals surface area contributed by atoms with Crippen LogP contribution in [0.15, 0.2) is 128 Å². The van der Waals surface area contributed by atoms with Crippen molar-refractivity contribution in [1.82, 2.24) is 15.0 Å². The molecule has 0 bridgehead atoms. The van der Waals surface area contributed by atoms with E-state index >= 15 is 0 Å². The van der Waals surface area contributed by atoms with E-state index in [0.717, 1.165) is 24.0 Å². The Labute approximate surface area is 224 Å². The van der Waals surface area contributed by atoms with Crippen molar-refractivity contribution in [1.29, 1.82) is 0 Å². The molecule has 3 nitrogen and oxygen atoms in total. The lowest BCUT2D eigenvalue weighted by atomic mass is 9.89. The molecule has 3 heterocycles. The molecule has 0 spiro atoms. The number of allylic oxidation sites excluding steroid dienone is 4. The van der Waals surface area contributed by atoms with E-state index in [2.05, 4.69) is 113 Å². The van der Waals surface area contributed by atoms with E-state index in [4.69, 9.17) is 0 Å². The summed E-state index contributed by atoms with van der Waals surface area (Å²) in [4.78, 5) is 12.7. The summed E-state index contributed by atoms with van der Waals surface area (Å²) in [6.07, 6.45) is 20.0. The van der Waals surface area contributed by atoms with E-state index in [0.29, 0.717) is 5.92 Å². The minimum atomic E-state index is 0.544. The smallest absolute Gasteiger partial charge is 0.0273 e. The summed E-state index contributed by atoms with van der Waals surface area (Å²) in [5.41, 5.74) is 12.2. The molecule has 0 fully saturated rings. The highest BCUT2D eigenvalue weighted by molar-refractivity contribution is 5.80. The molecule has 0 radical (unpaired) electrons. The summed E-state index contributed by atoms with van der Waals surface area (Å²) < 4.78 is 0. The summed E-state index contributed by atoms with van der Waals surface area (Å²) in [7, 11) is 0. The predicted octanol–water partition coefficient (Wildman–Crippen LogP) is 8.44. The fourth-order valence-corrected chi connectivity index (χ4v) is 5.16. The number of hydrogen-bond donors (Lipinski definition) is 0. The van der Waals surface area contributed by atoms with Crippen LogP contribution in [0.5, 0.6) is 0 Å². The van der Waals surface area contributed by atoms with Crippen LogP contribution in [0.3, 0.4) is 0 Å². The van der Waals surface area contributed by atoms with Crippen LogP contribution in [-0.2, 0) is 6.42 Å². The summed E-state index contributed by atoms with van der Waals surface area (Å²) in [5.74, 6) is 0.544. The molecule has 6 rings (SSSR count). The van der Waals surface area contributed by atoms with Crippen molar-refractivity contribution >= 4 is 5.57 Å². The third kappa shape index (κ3) is 5.37. The van der Waals surface area contributed by atoms with Crippen LogP contribution < -0.4 is 0 Å². The molecule has 0 amide bonds. The molecule has 3 aromatic heterocycles. The second-order valence-electron chi connectivity index (χ2n) is 9.96. The fourth-order valence-electron chi connectivity index (χ4n) is 5.16. The van der Waals surface area contributed by atoms with Gasteiger partial charge in [0.1, 0.15) is 0 Å². The van der Waals surface area contributed by atoms with Crippen molar-refractivity contribution in [3.05, 3.63) is 145 Å². The molecule has 38 heavy (non-hydrogen) atoms. The highest BCUT2D eigenvalue weighted by atomic mass is 14.6. The highest BCUT2D eigenvalue weighted by Crippen LogP contribution is 2.33. The number of aromatic nitrogens is 3. The van der Waals surface area contributed by atoms with Gasteiger partial charge < -0.3 is 0 Å². The van der Waals surface area contributed by atoms with Crippen LogP contribution in [0.25, 0.3) is 39.0 Å². The molecule has 1 aliphatic carbocycles. The molecule has 2 aromatic carbocycles. The van der Waals surface area contributed by atoms with Crippen molar-refractivity contribution in [2.24, 2.45) is 5.92 Å². The molecule has 1 atom stereocenters. The number of nitrogens with zero attached hydrogens (tertiary/aromatic N) is 3. The fraction of sp³-hybridized carbons (Fsp3) is 0.114. The Morgan fingerprint density at radius 1 is 0.553 bits per heavy atom. The van der Waals surface area contributed by atoms with Gasteiger partial charge in [0.15, 0.2) is 0 Å². The quantitative estimate of drug-likeness (QED) is 0.239.